The summed E-state index contributed by atoms with van der Waals surface area (Å²) in [4.78, 5) is 28.8. The molecule has 1 saturated heterocycles. The molecule has 1 aliphatic rings. The topological polar surface area (TPSA) is 61.9 Å². The van der Waals surface area contributed by atoms with Gasteiger partial charge >= 0.3 is 6.18 Å². The molecular formula is C23H26F3N3O3. The molecule has 0 spiro atoms. The normalized spacial score (nSPS) is 15.9. The zero-order chi connectivity index (χ0) is 23.5. The van der Waals surface area contributed by atoms with Crippen LogP contribution in [-0.4, -0.2) is 60.9 Å². The fourth-order valence-electron chi connectivity index (χ4n) is 3.72. The highest BCUT2D eigenvalue weighted by Crippen LogP contribution is 2.32. The van der Waals surface area contributed by atoms with Gasteiger partial charge in [0, 0.05) is 26.2 Å². The molecule has 2 aromatic rings. The van der Waals surface area contributed by atoms with Crippen molar-refractivity contribution in [2.75, 3.05) is 38.6 Å². The number of amides is 2. The van der Waals surface area contributed by atoms with Crippen molar-refractivity contribution in [2.24, 2.45) is 0 Å². The predicted molar refractivity (Wildman–Crippen MR) is 115 cm³/mol. The van der Waals surface area contributed by atoms with Crippen molar-refractivity contribution in [1.82, 2.24) is 9.80 Å². The van der Waals surface area contributed by atoms with Gasteiger partial charge in [-0.3, -0.25) is 14.5 Å². The lowest BCUT2D eigenvalue weighted by Gasteiger charge is -2.37. The van der Waals surface area contributed by atoms with Gasteiger partial charge in [-0.2, -0.15) is 13.2 Å². The van der Waals surface area contributed by atoms with Gasteiger partial charge in [-0.1, -0.05) is 18.2 Å². The lowest BCUT2D eigenvalue weighted by molar-refractivity contribution is -0.138. The molecule has 172 valence electrons. The number of carbonyl (C=O) groups is 2. The first-order valence-electron chi connectivity index (χ1n) is 10.3. The van der Waals surface area contributed by atoms with E-state index in [9.17, 15) is 22.8 Å². The maximum absolute atomic E-state index is 13.3. The van der Waals surface area contributed by atoms with E-state index < -0.39 is 23.7 Å². The van der Waals surface area contributed by atoms with Crippen molar-refractivity contribution in [3.63, 3.8) is 0 Å². The van der Waals surface area contributed by atoms with E-state index in [1.54, 1.807) is 13.0 Å². The SMILES string of the molecule is COc1ccc(C)cc1NC(=O)C(C)N1CCN(C(=O)c2ccccc2C(F)(F)F)CC1. The zero-order valence-electron chi connectivity index (χ0n) is 18.2. The number of halogens is 3. The van der Waals surface area contributed by atoms with Crippen LogP contribution in [0.5, 0.6) is 5.75 Å². The average molecular weight is 449 g/mol. The van der Waals surface area contributed by atoms with Crippen molar-refractivity contribution < 1.29 is 27.5 Å². The fourth-order valence-corrected chi connectivity index (χ4v) is 3.72. The highest BCUT2D eigenvalue weighted by molar-refractivity contribution is 5.97. The van der Waals surface area contributed by atoms with Crippen LogP contribution in [0.1, 0.15) is 28.4 Å². The third-order valence-corrected chi connectivity index (χ3v) is 5.60. The van der Waals surface area contributed by atoms with Crippen molar-refractivity contribution >= 4 is 17.5 Å². The molecule has 0 aromatic heterocycles. The molecule has 0 bridgehead atoms. The molecule has 1 heterocycles. The summed E-state index contributed by atoms with van der Waals surface area (Å²) in [6, 6.07) is 9.78. The highest BCUT2D eigenvalue weighted by Gasteiger charge is 2.37. The summed E-state index contributed by atoms with van der Waals surface area (Å²) in [5, 5.41) is 2.87. The third kappa shape index (κ3) is 5.21. The van der Waals surface area contributed by atoms with Crippen LogP contribution in [-0.2, 0) is 11.0 Å². The number of anilines is 1. The van der Waals surface area contributed by atoms with E-state index in [0.717, 1.165) is 11.6 Å². The first-order chi connectivity index (χ1) is 15.1. The summed E-state index contributed by atoms with van der Waals surface area (Å²) in [6.45, 7) is 4.88. The second-order valence-corrected chi connectivity index (χ2v) is 7.74. The van der Waals surface area contributed by atoms with Crippen molar-refractivity contribution in [3.05, 3.63) is 59.2 Å². The van der Waals surface area contributed by atoms with Crippen LogP contribution >= 0.6 is 0 Å². The molecular weight excluding hydrogens is 423 g/mol. The molecule has 3 rings (SSSR count). The van der Waals surface area contributed by atoms with E-state index in [0.29, 0.717) is 24.5 Å². The minimum atomic E-state index is -4.60. The second-order valence-electron chi connectivity index (χ2n) is 7.74. The van der Waals surface area contributed by atoms with Crippen LogP contribution in [0, 0.1) is 6.92 Å². The Labute approximate surface area is 184 Å². The van der Waals surface area contributed by atoms with Crippen LogP contribution in [0.4, 0.5) is 18.9 Å². The van der Waals surface area contributed by atoms with Crippen molar-refractivity contribution in [2.45, 2.75) is 26.1 Å². The van der Waals surface area contributed by atoms with E-state index in [-0.39, 0.29) is 24.6 Å². The number of nitrogens with one attached hydrogen (secondary N) is 1. The van der Waals surface area contributed by atoms with Crippen LogP contribution in [0.15, 0.2) is 42.5 Å². The molecule has 1 unspecified atom stereocenters. The highest BCUT2D eigenvalue weighted by atomic mass is 19.4. The Balaban J connectivity index is 1.63. The number of piperazine rings is 1. The molecule has 9 heteroatoms. The summed E-state index contributed by atoms with van der Waals surface area (Å²) in [5.41, 5.74) is 0.250. The van der Waals surface area contributed by atoms with Gasteiger partial charge in [-0.15, -0.1) is 0 Å². The molecule has 0 radical (unpaired) electrons. The Kier molecular flexibility index (Phi) is 7.08. The number of carbonyl (C=O) groups excluding carboxylic acids is 2. The number of nitrogens with zero attached hydrogens (tertiary/aromatic N) is 2. The smallest absolute Gasteiger partial charge is 0.417 e. The van der Waals surface area contributed by atoms with E-state index in [1.165, 1.54) is 30.2 Å². The van der Waals surface area contributed by atoms with Crippen molar-refractivity contribution in [3.8, 4) is 5.75 Å². The third-order valence-electron chi connectivity index (χ3n) is 5.60. The molecule has 1 fully saturated rings. The maximum atomic E-state index is 13.3. The molecule has 0 saturated carbocycles. The number of alkyl halides is 3. The Morgan fingerprint density at radius 3 is 2.34 bits per heavy atom. The Bertz CT molecular complexity index is 986. The molecule has 32 heavy (non-hydrogen) atoms. The second kappa shape index (κ2) is 9.60. The number of aryl methyl sites for hydroxylation is 1. The number of hydrogen-bond donors (Lipinski definition) is 1. The van der Waals surface area contributed by atoms with Gasteiger partial charge in [0.05, 0.1) is 30.0 Å². The lowest BCUT2D eigenvalue weighted by Crippen LogP contribution is -2.54. The van der Waals surface area contributed by atoms with Crippen LogP contribution < -0.4 is 10.1 Å². The monoisotopic (exact) mass is 449 g/mol. The van der Waals surface area contributed by atoms with E-state index in [2.05, 4.69) is 5.32 Å². The van der Waals surface area contributed by atoms with Gasteiger partial charge in [0.1, 0.15) is 5.75 Å². The minimum Gasteiger partial charge on any atom is -0.495 e. The molecule has 2 amide bonds. The number of benzene rings is 2. The number of rotatable bonds is 5. The molecule has 1 N–H and O–H groups in total. The Morgan fingerprint density at radius 2 is 1.72 bits per heavy atom. The van der Waals surface area contributed by atoms with Crippen molar-refractivity contribution in [1.29, 1.82) is 0 Å². The summed E-state index contributed by atoms with van der Waals surface area (Å²) >= 11 is 0. The summed E-state index contributed by atoms with van der Waals surface area (Å²) in [5.74, 6) is -0.329. The maximum Gasteiger partial charge on any atom is 0.417 e. The number of methoxy groups -OCH3 is 1. The summed E-state index contributed by atoms with van der Waals surface area (Å²) in [6.07, 6.45) is -4.60. The standard InChI is InChI=1S/C23H26F3N3O3/c1-15-8-9-20(32-3)19(14-15)27-21(30)16(2)28-10-12-29(13-11-28)22(31)17-6-4-5-7-18(17)23(24,25)26/h4-9,14,16H,10-13H2,1-3H3,(H,27,30). The van der Waals surface area contributed by atoms with Gasteiger partial charge < -0.3 is 15.0 Å². The van der Waals surface area contributed by atoms with Gasteiger partial charge in [0.15, 0.2) is 0 Å². The quantitative estimate of drug-likeness (QED) is 0.754. The van der Waals surface area contributed by atoms with E-state index in [4.69, 9.17) is 4.74 Å². The number of hydrogen-bond acceptors (Lipinski definition) is 4. The van der Waals surface area contributed by atoms with Gasteiger partial charge in [-0.25, -0.2) is 0 Å². The molecule has 2 aromatic carbocycles. The summed E-state index contributed by atoms with van der Waals surface area (Å²) < 4.78 is 45.1. The lowest BCUT2D eigenvalue weighted by atomic mass is 10.1. The average Bonchev–Trinajstić information content (AvgIpc) is 2.77. The Hall–Kier alpha value is -3.07. The minimum absolute atomic E-state index is 0.226. The van der Waals surface area contributed by atoms with Gasteiger partial charge in [-0.05, 0) is 43.7 Å². The van der Waals surface area contributed by atoms with Crippen LogP contribution in [0.3, 0.4) is 0 Å². The molecule has 0 aliphatic carbocycles. The first-order valence-corrected chi connectivity index (χ1v) is 10.3. The first kappa shape index (κ1) is 23.6. The molecule has 1 aliphatic heterocycles. The molecule has 1 atom stereocenters. The zero-order valence-corrected chi connectivity index (χ0v) is 18.2. The van der Waals surface area contributed by atoms with Gasteiger partial charge in [0.25, 0.3) is 5.91 Å². The number of ether oxygens (including phenoxy) is 1. The van der Waals surface area contributed by atoms with Gasteiger partial charge in [0.2, 0.25) is 5.91 Å². The van der Waals surface area contributed by atoms with Crippen LogP contribution in [0.25, 0.3) is 0 Å². The fraction of sp³-hybridized carbons (Fsp3) is 0.391. The largest absolute Gasteiger partial charge is 0.495 e. The predicted octanol–water partition coefficient (Wildman–Crippen LogP) is 3.81. The Morgan fingerprint density at radius 1 is 1.06 bits per heavy atom. The van der Waals surface area contributed by atoms with E-state index >= 15 is 0 Å². The van der Waals surface area contributed by atoms with E-state index in [1.807, 2.05) is 24.0 Å². The molecule has 6 nitrogen and oxygen atoms in total. The summed E-state index contributed by atoms with van der Waals surface area (Å²) in [7, 11) is 1.52. The van der Waals surface area contributed by atoms with Crippen LogP contribution in [0.2, 0.25) is 0 Å².